The van der Waals surface area contributed by atoms with E-state index in [4.69, 9.17) is 5.73 Å². The molecule has 1 aromatic heterocycles. The van der Waals surface area contributed by atoms with Gasteiger partial charge in [0.05, 0.1) is 6.04 Å². The van der Waals surface area contributed by atoms with E-state index in [0.717, 1.165) is 22.3 Å². The third-order valence-corrected chi connectivity index (χ3v) is 3.24. The summed E-state index contributed by atoms with van der Waals surface area (Å²) in [6, 6.07) is 7.31. The Hall–Kier alpha value is -1.52. The number of carbonyl (C=O) groups excluding carboxylic acids is 1. The number of nitrogens with two attached hydrogens (primary N) is 1. The number of aryl methyl sites for hydroxylation is 1. The summed E-state index contributed by atoms with van der Waals surface area (Å²) in [4.78, 5) is 15.3. The number of fused-ring (bicyclic) bond motifs is 1. The summed E-state index contributed by atoms with van der Waals surface area (Å²) < 4.78 is 0. The molecule has 1 aromatic carbocycles. The second-order valence-corrected chi connectivity index (χ2v) is 6.09. The molecular weight excluding hydrogens is 274 g/mol. The SMILES string of the molecule is Cc1cc2cc(NC(=O)[C@@H](N)C(C)(C)C)ccc2[nH]1.Cl. The topological polar surface area (TPSA) is 70.9 Å². The third-order valence-electron chi connectivity index (χ3n) is 3.24. The van der Waals surface area contributed by atoms with Gasteiger partial charge < -0.3 is 16.0 Å². The summed E-state index contributed by atoms with van der Waals surface area (Å²) in [5, 5.41) is 3.95. The molecule has 20 heavy (non-hydrogen) atoms. The van der Waals surface area contributed by atoms with Crippen LogP contribution in [0.3, 0.4) is 0 Å². The van der Waals surface area contributed by atoms with Gasteiger partial charge in [0.2, 0.25) is 5.91 Å². The molecule has 0 saturated carbocycles. The van der Waals surface area contributed by atoms with E-state index in [9.17, 15) is 4.79 Å². The van der Waals surface area contributed by atoms with Crippen LogP contribution in [0.4, 0.5) is 5.69 Å². The normalized spacial score (nSPS) is 12.8. The predicted octanol–water partition coefficient (Wildman–Crippen LogP) is 3.21. The van der Waals surface area contributed by atoms with E-state index in [2.05, 4.69) is 16.4 Å². The molecule has 5 heteroatoms. The van der Waals surface area contributed by atoms with Crippen LogP contribution in [-0.4, -0.2) is 16.9 Å². The van der Waals surface area contributed by atoms with Gasteiger partial charge in [-0.1, -0.05) is 20.8 Å². The highest BCUT2D eigenvalue weighted by atomic mass is 35.5. The Bertz CT molecular complexity index is 613. The summed E-state index contributed by atoms with van der Waals surface area (Å²) in [7, 11) is 0. The molecule has 0 radical (unpaired) electrons. The van der Waals surface area contributed by atoms with Gasteiger partial charge >= 0.3 is 0 Å². The molecule has 2 aromatic rings. The number of H-pyrrole nitrogens is 1. The van der Waals surface area contributed by atoms with Crippen molar-refractivity contribution in [2.75, 3.05) is 5.32 Å². The number of anilines is 1. The van der Waals surface area contributed by atoms with Crippen LogP contribution in [-0.2, 0) is 4.79 Å². The minimum absolute atomic E-state index is 0. The molecule has 110 valence electrons. The lowest BCUT2D eigenvalue weighted by atomic mass is 9.87. The molecule has 0 bridgehead atoms. The van der Waals surface area contributed by atoms with Gasteiger partial charge in [-0.05, 0) is 36.6 Å². The Morgan fingerprint density at radius 2 is 1.95 bits per heavy atom. The summed E-state index contributed by atoms with van der Waals surface area (Å²) in [6.45, 7) is 7.87. The Balaban J connectivity index is 0.00000200. The summed E-state index contributed by atoms with van der Waals surface area (Å²) >= 11 is 0. The van der Waals surface area contributed by atoms with Crippen LogP contribution in [0, 0.1) is 12.3 Å². The van der Waals surface area contributed by atoms with Gasteiger partial charge in [-0.2, -0.15) is 0 Å². The number of aromatic nitrogens is 1. The zero-order chi connectivity index (χ0) is 14.2. The second kappa shape index (κ2) is 5.85. The van der Waals surface area contributed by atoms with Crippen molar-refractivity contribution in [2.24, 2.45) is 11.1 Å². The fourth-order valence-electron chi connectivity index (χ4n) is 1.97. The predicted molar refractivity (Wildman–Crippen MR) is 86.3 cm³/mol. The number of aromatic amines is 1. The molecule has 0 aliphatic rings. The molecule has 4 N–H and O–H groups in total. The number of halogens is 1. The highest BCUT2D eigenvalue weighted by Gasteiger charge is 2.27. The minimum Gasteiger partial charge on any atom is -0.359 e. The van der Waals surface area contributed by atoms with E-state index in [1.165, 1.54) is 0 Å². The van der Waals surface area contributed by atoms with Crippen molar-refractivity contribution in [3.8, 4) is 0 Å². The van der Waals surface area contributed by atoms with Crippen molar-refractivity contribution in [3.63, 3.8) is 0 Å². The average Bonchev–Trinajstić information content (AvgIpc) is 2.66. The molecule has 0 saturated heterocycles. The van der Waals surface area contributed by atoms with Gasteiger partial charge in [-0.25, -0.2) is 0 Å². The summed E-state index contributed by atoms with van der Waals surface area (Å²) in [5.41, 5.74) is 8.63. The molecule has 0 fully saturated rings. The van der Waals surface area contributed by atoms with Crippen molar-refractivity contribution in [2.45, 2.75) is 33.7 Å². The largest absolute Gasteiger partial charge is 0.359 e. The maximum Gasteiger partial charge on any atom is 0.241 e. The van der Waals surface area contributed by atoms with Crippen LogP contribution in [0.1, 0.15) is 26.5 Å². The van der Waals surface area contributed by atoms with Crippen molar-refractivity contribution >= 4 is 34.9 Å². The zero-order valence-electron chi connectivity index (χ0n) is 12.3. The van der Waals surface area contributed by atoms with E-state index >= 15 is 0 Å². The van der Waals surface area contributed by atoms with Crippen LogP contribution in [0.5, 0.6) is 0 Å². The Kier molecular flexibility index (Phi) is 4.84. The number of hydrogen-bond donors (Lipinski definition) is 3. The maximum atomic E-state index is 12.1. The highest BCUT2D eigenvalue weighted by molar-refractivity contribution is 5.97. The summed E-state index contributed by atoms with van der Waals surface area (Å²) in [6.07, 6.45) is 0. The number of hydrogen-bond acceptors (Lipinski definition) is 2. The number of rotatable bonds is 2. The first kappa shape index (κ1) is 16.5. The van der Waals surface area contributed by atoms with Gasteiger partial charge in [0, 0.05) is 22.3 Å². The van der Waals surface area contributed by atoms with E-state index in [0.29, 0.717) is 0 Å². The second-order valence-electron chi connectivity index (χ2n) is 6.09. The van der Waals surface area contributed by atoms with Crippen molar-refractivity contribution < 1.29 is 4.79 Å². The average molecular weight is 296 g/mol. The van der Waals surface area contributed by atoms with Gasteiger partial charge in [-0.3, -0.25) is 4.79 Å². The molecule has 4 nitrogen and oxygen atoms in total. The van der Waals surface area contributed by atoms with Crippen LogP contribution >= 0.6 is 12.4 Å². The van der Waals surface area contributed by atoms with Crippen molar-refractivity contribution in [1.82, 2.24) is 4.98 Å². The van der Waals surface area contributed by atoms with Crippen LogP contribution in [0.15, 0.2) is 24.3 Å². The third kappa shape index (κ3) is 3.52. The fourth-order valence-corrected chi connectivity index (χ4v) is 1.97. The monoisotopic (exact) mass is 295 g/mol. The van der Waals surface area contributed by atoms with Crippen molar-refractivity contribution in [1.29, 1.82) is 0 Å². The smallest absolute Gasteiger partial charge is 0.241 e. The first-order valence-electron chi connectivity index (χ1n) is 6.43. The lowest BCUT2D eigenvalue weighted by Gasteiger charge is -2.25. The van der Waals surface area contributed by atoms with Crippen molar-refractivity contribution in [3.05, 3.63) is 30.0 Å². The molecule has 0 aliphatic heterocycles. The van der Waals surface area contributed by atoms with Crippen LogP contribution < -0.4 is 11.1 Å². The first-order chi connectivity index (χ1) is 8.77. The molecule has 0 aliphatic carbocycles. The van der Waals surface area contributed by atoms with E-state index in [1.807, 2.05) is 45.9 Å². The molecule has 2 rings (SSSR count). The first-order valence-corrected chi connectivity index (χ1v) is 6.43. The van der Waals surface area contributed by atoms with Gasteiger partial charge in [0.1, 0.15) is 0 Å². The van der Waals surface area contributed by atoms with Crippen LogP contribution in [0.25, 0.3) is 10.9 Å². The molecule has 0 unspecified atom stereocenters. The van der Waals surface area contributed by atoms with E-state index < -0.39 is 6.04 Å². The highest BCUT2D eigenvalue weighted by Crippen LogP contribution is 2.22. The summed E-state index contributed by atoms with van der Waals surface area (Å²) in [5.74, 6) is -0.154. The lowest BCUT2D eigenvalue weighted by molar-refractivity contribution is -0.119. The number of nitrogens with one attached hydrogen (secondary N) is 2. The lowest BCUT2D eigenvalue weighted by Crippen LogP contribution is -2.45. The molecule has 1 heterocycles. The zero-order valence-corrected chi connectivity index (χ0v) is 13.1. The minimum atomic E-state index is -0.531. The molecular formula is C15H22ClN3O. The standard InChI is InChI=1S/C15H21N3O.ClH/c1-9-7-10-8-11(5-6-12(10)17-9)18-14(19)13(16)15(2,3)4;/h5-8,13,17H,16H2,1-4H3,(H,18,19);1H/t13-;/m1./s1. The van der Waals surface area contributed by atoms with Gasteiger partial charge in [0.15, 0.2) is 0 Å². The molecule has 1 atom stereocenters. The van der Waals surface area contributed by atoms with E-state index in [1.54, 1.807) is 0 Å². The quantitative estimate of drug-likeness (QED) is 0.796. The molecule has 1 amide bonds. The van der Waals surface area contributed by atoms with Gasteiger partial charge in [-0.15, -0.1) is 12.4 Å². The fraction of sp³-hybridized carbons (Fsp3) is 0.400. The number of carbonyl (C=O) groups is 1. The van der Waals surface area contributed by atoms with Gasteiger partial charge in [0.25, 0.3) is 0 Å². The Morgan fingerprint density at radius 1 is 1.30 bits per heavy atom. The number of amides is 1. The maximum absolute atomic E-state index is 12.1. The number of benzene rings is 1. The Morgan fingerprint density at radius 3 is 2.55 bits per heavy atom. The van der Waals surface area contributed by atoms with E-state index in [-0.39, 0.29) is 23.7 Å². The molecule has 0 spiro atoms. The Labute approximate surface area is 125 Å². The van der Waals surface area contributed by atoms with Crippen LogP contribution in [0.2, 0.25) is 0 Å².